The van der Waals surface area contributed by atoms with Crippen LogP contribution in [0.15, 0.2) is 42.5 Å². The summed E-state index contributed by atoms with van der Waals surface area (Å²) in [5.41, 5.74) is 4.40. The Hall–Kier alpha value is -1.84. The van der Waals surface area contributed by atoms with Gasteiger partial charge in [0.2, 0.25) is 0 Å². The Morgan fingerprint density at radius 3 is 2.75 bits per heavy atom. The number of nitrogens with one attached hydrogen (secondary N) is 1. The number of hydrogen-bond donors (Lipinski definition) is 3. The Morgan fingerprint density at radius 1 is 1.10 bits per heavy atom. The molecule has 104 valence electrons. The van der Waals surface area contributed by atoms with Crippen LogP contribution in [0.2, 0.25) is 0 Å². The van der Waals surface area contributed by atoms with Crippen molar-refractivity contribution in [3.8, 4) is 5.75 Å². The highest BCUT2D eigenvalue weighted by Crippen LogP contribution is 2.36. The molecule has 0 amide bonds. The monoisotopic (exact) mass is 269 g/mol. The zero-order valence-electron chi connectivity index (χ0n) is 11.3. The van der Waals surface area contributed by atoms with E-state index in [0.29, 0.717) is 11.8 Å². The fourth-order valence-corrected chi connectivity index (χ4v) is 2.93. The van der Waals surface area contributed by atoms with Crippen LogP contribution in [0.4, 0.5) is 0 Å². The lowest BCUT2D eigenvalue weighted by Gasteiger charge is -2.14. The van der Waals surface area contributed by atoms with Crippen LogP contribution >= 0.6 is 0 Å². The van der Waals surface area contributed by atoms with E-state index in [1.54, 1.807) is 6.07 Å². The number of benzene rings is 2. The van der Waals surface area contributed by atoms with E-state index in [4.69, 9.17) is 5.11 Å². The van der Waals surface area contributed by atoms with Gasteiger partial charge in [0, 0.05) is 12.6 Å². The second-order valence-electron chi connectivity index (χ2n) is 5.30. The SMILES string of the molecule is OCc1cccc(CNC2CCc3c(O)cccc32)c1. The van der Waals surface area contributed by atoms with Crippen LogP contribution in [-0.2, 0) is 19.6 Å². The molecule has 0 saturated carbocycles. The molecule has 0 aromatic heterocycles. The lowest BCUT2D eigenvalue weighted by molar-refractivity contribution is 0.281. The van der Waals surface area contributed by atoms with Gasteiger partial charge in [-0.15, -0.1) is 0 Å². The predicted octanol–water partition coefficient (Wildman–Crippen LogP) is 2.66. The average Bonchev–Trinajstić information content (AvgIpc) is 2.90. The first-order valence-corrected chi connectivity index (χ1v) is 7.01. The summed E-state index contributed by atoms with van der Waals surface area (Å²) >= 11 is 0. The molecule has 0 spiro atoms. The molecule has 0 heterocycles. The van der Waals surface area contributed by atoms with Crippen LogP contribution in [0.5, 0.6) is 5.75 Å². The summed E-state index contributed by atoms with van der Waals surface area (Å²) in [5.74, 6) is 0.411. The van der Waals surface area contributed by atoms with Gasteiger partial charge in [-0.3, -0.25) is 0 Å². The Labute approximate surface area is 118 Å². The number of rotatable bonds is 4. The van der Waals surface area contributed by atoms with Gasteiger partial charge in [0.05, 0.1) is 6.61 Å². The molecule has 2 aromatic carbocycles. The van der Waals surface area contributed by atoms with Crippen LogP contribution < -0.4 is 5.32 Å². The van der Waals surface area contributed by atoms with E-state index in [1.807, 2.05) is 24.3 Å². The third-order valence-electron chi connectivity index (χ3n) is 3.97. The van der Waals surface area contributed by atoms with Crippen molar-refractivity contribution >= 4 is 0 Å². The fourth-order valence-electron chi connectivity index (χ4n) is 2.93. The fraction of sp³-hybridized carbons (Fsp3) is 0.294. The number of fused-ring (bicyclic) bond motifs is 1. The first kappa shape index (κ1) is 13.2. The Balaban J connectivity index is 1.70. The summed E-state index contributed by atoms with van der Waals surface area (Å²) in [6, 6.07) is 14.0. The van der Waals surface area contributed by atoms with Crippen molar-refractivity contribution in [1.29, 1.82) is 0 Å². The summed E-state index contributed by atoms with van der Waals surface area (Å²) in [5, 5.41) is 22.5. The molecule has 3 heteroatoms. The summed E-state index contributed by atoms with van der Waals surface area (Å²) in [4.78, 5) is 0. The van der Waals surface area contributed by atoms with Crippen LogP contribution in [0, 0.1) is 0 Å². The van der Waals surface area contributed by atoms with E-state index in [-0.39, 0.29) is 6.61 Å². The first-order valence-electron chi connectivity index (χ1n) is 7.01. The normalized spacial score (nSPS) is 17.1. The maximum absolute atomic E-state index is 9.85. The molecule has 0 bridgehead atoms. The number of phenols is 1. The van der Waals surface area contributed by atoms with Crippen molar-refractivity contribution in [1.82, 2.24) is 5.32 Å². The Morgan fingerprint density at radius 2 is 1.90 bits per heavy atom. The van der Waals surface area contributed by atoms with Gasteiger partial charge >= 0.3 is 0 Å². The highest BCUT2D eigenvalue weighted by atomic mass is 16.3. The molecular weight excluding hydrogens is 250 g/mol. The van der Waals surface area contributed by atoms with E-state index in [1.165, 1.54) is 11.1 Å². The molecule has 1 aliphatic carbocycles. The molecule has 0 saturated heterocycles. The van der Waals surface area contributed by atoms with Crippen molar-refractivity contribution in [3.05, 3.63) is 64.7 Å². The van der Waals surface area contributed by atoms with Crippen molar-refractivity contribution in [2.75, 3.05) is 0 Å². The number of hydrogen-bond acceptors (Lipinski definition) is 3. The molecule has 1 atom stereocenters. The van der Waals surface area contributed by atoms with E-state index in [2.05, 4.69) is 17.4 Å². The molecule has 1 aliphatic rings. The summed E-state index contributed by atoms with van der Waals surface area (Å²) in [6.45, 7) is 0.849. The minimum Gasteiger partial charge on any atom is -0.508 e. The van der Waals surface area contributed by atoms with Crippen LogP contribution in [0.1, 0.15) is 34.7 Å². The van der Waals surface area contributed by atoms with Crippen LogP contribution in [0.25, 0.3) is 0 Å². The second kappa shape index (κ2) is 5.65. The van der Waals surface area contributed by atoms with E-state index in [0.717, 1.165) is 30.5 Å². The maximum atomic E-state index is 9.85. The van der Waals surface area contributed by atoms with Crippen LogP contribution in [0.3, 0.4) is 0 Å². The van der Waals surface area contributed by atoms with E-state index < -0.39 is 0 Å². The molecule has 0 aliphatic heterocycles. The minimum atomic E-state index is 0.0774. The van der Waals surface area contributed by atoms with Gasteiger partial charge in [-0.1, -0.05) is 36.4 Å². The van der Waals surface area contributed by atoms with Gasteiger partial charge < -0.3 is 15.5 Å². The van der Waals surface area contributed by atoms with E-state index in [9.17, 15) is 5.11 Å². The lowest BCUT2D eigenvalue weighted by atomic mass is 10.1. The molecule has 3 rings (SSSR count). The summed E-state index contributed by atoms with van der Waals surface area (Å²) in [6.07, 6.45) is 1.95. The quantitative estimate of drug-likeness (QED) is 0.800. The van der Waals surface area contributed by atoms with Crippen molar-refractivity contribution < 1.29 is 10.2 Å². The number of aliphatic hydroxyl groups is 1. The molecule has 20 heavy (non-hydrogen) atoms. The zero-order valence-corrected chi connectivity index (χ0v) is 11.3. The smallest absolute Gasteiger partial charge is 0.119 e. The van der Waals surface area contributed by atoms with Crippen molar-refractivity contribution in [3.63, 3.8) is 0 Å². The first-order chi connectivity index (χ1) is 9.78. The van der Waals surface area contributed by atoms with Crippen molar-refractivity contribution in [2.24, 2.45) is 0 Å². The highest BCUT2D eigenvalue weighted by Gasteiger charge is 2.23. The van der Waals surface area contributed by atoms with E-state index >= 15 is 0 Å². The van der Waals surface area contributed by atoms with Gasteiger partial charge in [0.15, 0.2) is 0 Å². The summed E-state index contributed by atoms with van der Waals surface area (Å²) in [7, 11) is 0. The number of aliphatic hydroxyl groups excluding tert-OH is 1. The number of aromatic hydroxyl groups is 1. The molecule has 2 aromatic rings. The topological polar surface area (TPSA) is 52.5 Å². The van der Waals surface area contributed by atoms with Gasteiger partial charge in [0.1, 0.15) is 5.75 Å². The molecule has 1 unspecified atom stereocenters. The Bertz CT molecular complexity index is 610. The Kier molecular flexibility index (Phi) is 3.72. The van der Waals surface area contributed by atoms with Gasteiger partial charge in [0.25, 0.3) is 0 Å². The third-order valence-corrected chi connectivity index (χ3v) is 3.97. The molecule has 3 N–H and O–H groups in total. The molecular formula is C17H19NO2. The van der Waals surface area contributed by atoms with Crippen molar-refractivity contribution in [2.45, 2.75) is 32.0 Å². The minimum absolute atomic E-state index is 0.0774. The molecule has 0 fully saturated rings. The molecule has 0 radical (unpaired) electrons. The zero-order chi connectivity index (χ0) is 13.9. The van der Waals surface area contributed by atoms with Gasteiger partial charge in [-0.25, -0.2) is 0 Å². The van der Waals surface area contributed by atoms with Crippen LogP contribution in [-0.4, -0.2) is 10.2 Å². The highest BCUT2D eigenvalue weighted by molar-refractivity contribution is 5.44. The van der Waals surface area contributed by atoms with Gasteiger partial charge in [-0.2, -0.15) is 0 Å². The maximum Gasteiger partial charge on any atom is 0.119 e. The number of phenolic OH excluding ortho intramolecular Hbond substituents is 1. The largest absolute Gasteiger partial charge is 0.508 e. The predicted molar refractivity (Wildman–Crippen MR) is 78.4 cm³/mol. The average molecular weight is 269 g/mol. The second-order valence-corrected chi connectivity index (χ2v) is 5.30. The molecule has 3 nitrogen and oxygen atoms in total. The summed E-state index contributed by atoms with van der Waals surface area (Å²) < 4.78 is 0. The standard InChI is InChI=1S/C17H19NO2/c19-11-13-4-1-3-12(9-13)10-18-16-8-7-15-14(16)5-2-6-17(15)20/h1-6,9,16,18-20H,7-8,10-11H2. The third kappa shape index (κ3) is 2.55. The van der Waals surface area contributed by atoms with Gasteiger partial charge in [-0.05, 0) is 41.2 Å². The lowest BCUT2D eigenvalue weighted by Crippen LogP contribution is -2.18.